The van der Waals surface area contributed by atoms with E-state index in [1.807, 2.05) is 6.07 Å². The fourth-order valence-electron chi connectivity index (χ4n) is 3.35. The number of benzene rings is 1. The highest BCUT2D eigenvalue weighted by molar-refractivity contribution is 9.09. The van der Waals surface area contributed by atoms with Crippen LogP contribution in [0.15, 0.2) is 30.3 Å². The van der Waals surface area contributed by atoms with Crippen LogP contribution in [0, 0.1) is 23.7 Å². The molecule has 114 valence electrons. The number of alkyl halides is 1. The van der Waals surface area contributed by atoms with Crippen LogP contribution >= 0.6 is 15.9 Å². The van der Waals surface area contributed by atoms with Gasteiger partial charge < -0.3 is 4.74 Å². The molecule has 1 aliphatic rings. The highest BCUT2D eigenvalue weighted by atomic mass is 79.9. The molecule has 21 heavy (non-hydrogen) atoms. The Morgan fingerprint density at radius 1 is 1.33 bits per heavy atom. The van der Waals surface area contributed by atoms with Crippen LogP contribution in [0.1, 0.15) is 45.6 Å². The summed E-state index contributed by atoms with van der Waals surface area (Å²) in [7, 11) is 0. The summed E-state index contributed by atoms with van der Waals surface area (Å²) in [6, 6.07) is 10.5. The molecule has 1 fully saturated rings. The van der Waals surface area contributed by atoms with E-state index in [0.717, 1.165) is 12.8 Å². The summed E-state index contributed by atoms with van der Waals surface area (Å²) >= 11 is 3.92. The predicted molar refractivity (Wildman–Crippen MR) is 92.4 cm³/mol. The molecule has 0 bridgehead atoms. The average molecular weight is 349 g/mol. The topological polar surface area (TPSA) is 9.23 Å². The second kappa shape index (κ2) is 6.55. The van der Waals surface area contributed by atoms with E-state index >= 15 is 0 Å². The molecular formula is C19H25BrO. The van der Waals surface area contributed by atoms with E-state index in [-0.39, 0.29) is 5.60 Å². The van der Waals surface area contributed by atoms with E-state index in [2.05, 4.69) is 66.9 Å². The van der Waals surface area contributed by atoms with Crippen molar-refractivity contribution in [1.82, 2.24) is 0 Å². The Kier molecular flexibility index (Phi) is 5.17. The number of rotatable bonds is 3. The summed E-state index contributed by atoms with van der Waals surface area (Å²) in [6.45, 7) is 7.34. The van der Waals surface area contributed by atoms with Crippen LogP contribution in [-0.4, -0.2) is 11.4 Å². The zero-order chi connectivity index (χ0) is 15.5. The van der Waals surface area contributed by atoms with E-state index < -0.39 is 0 Å². The van der Waals surface area contributed by atoms with Crippen LogP contribution in [0.4, 0.5) is 0 Å². The van der Waals surface area contributed by atoms with Crippen LogP contribution in [0.2, 0.25) is 0 Å². The molecule has 0 aromatic heterocycles. The summed E-state index contributed by atoms with van der Waals surface area (Å²) in [5.74, 6) is 3.33. The van der Waals surface area contributed by atoms with Gasteiger partial charge in [-0.1, -0.05) is 73.0 Å². The fraction of sp³-hybridized carbons (Fsp3) is 0.579. The lowest BCUT2D eigenvalue weighted by Crippen LogP contribution is -2.46. The lowest BCUT2D eigenvalue weighted by molar-refractivity contribution is -0.0717. The molecule has 1 aliphatic carbocycles. The Hall–Kier alpha value is -0.780. The first kappa shape index (κ1) is 16.6. The molecule has 0 N–H and O–H groups in total. The van der Waals surface area contributed by atoms with Gasteiger partial charge in [0.05, 0.1) is 0 Å². The smallest absolute Gasteiger partial charge is 0.108 e. The van der Waals surface area contributed by atoms with Crippen molar-refractivity contribution >= 4 is 15.9 Å². The van der Waals surface area contributed by atoms with Crippen molar-refractivity contribution in [3.8, 4) is 12.3 Å². The Morgan fingerprint density at radius 3 is 2.52 bits per heavy atom. The summed E-state index contributed by atoms with van der Waals surface area (Å²) < 4.78 is 6.20. The van der Waals surface area contributed by atoms with Crippen LogP contribution in [0.5, 0.6) is 0 Å². The standard InChI is InChI=1S/C19H25BrO/c1-5-13-21-19(15-9-7-6-8-10-15)12-11-16(14-17(19)20)18(2,3)4/h1,6-10,16-17H,11-14H2,2-4H3/t16-,17+,19-/m1/s1. The number of halogens is 1. The highest BCUT2D eigenvalue weighted by Gasteiger charge is 2.46. The Morgan fingerprint density at radius 2 is 2.00 bits per heavy atom. The molecule has 0 saturated heterocycles. The van der Waals surface area contributed by atoms with Crippen LogP contribution in [0.25, 0.3) is 0 Å². The maximum absolute atomic E-state index is 6.20. The Balaban J connectivity index is 2.29. The first-order valence-electron chi connectivity index (χ1n) is 7.67. The number of ether oxygens (including phenoxy) is 1. The van der Waals surface area contributed by atoms with Crippen molar-refractivity contribution in [3.05, 3.63) is 35.9 Å². The van der Waals surface area contributed by atoms with Gasteiger partial charge in [-0.25, -0.2) is 0 Å². The molecule has 1 saturated carbocycles. The SMILES string of the molecule is C#CCO[C@@]1(c2ccccc2)CC[C@@H](C(C)(C)C)C[C@@H]1Br. The van der Waals surface area contributed by atoms with Gasteiger partial charge in [0.15, 0.2) is 0 Å². The van der Waals surface area contributed by atoms with E-state index in [9.17, 15) is 0 Å². The second-order valence-electron chi connectivity index (χ2n) is 7.05. The zero-order valence-corrected chi connectivity index (χ0v) is 14.8. The van der Waals surface area contributed by atoms with Crippen molar-refractivity contribution in [3.63, 3.8) is 0 Å². The highest BCUT2D eigenvalue weighted by Crippen LogP contribution is 2.50. The molecule has 2 rings (SSSR count). The van der Waals surface area contributed by atoms with E-state index in [1.165, 1.54) is 12.0 Å². The zero-order valence-electron chi connectivity index (χ0n) is 13.2. The lowest BCUT2D eigenvalue weighted by Gasteiger charge is -2.47. The maximum Gasteiger partial charge on any atom is 0.108 e. The molecule has 3 atom stereocenters. The minimum Gasteiger partial charge on any atom is -0.356 e. The Bertz CT molecular complexity index is 497. The molecule has 2 heteroatoms. The molecule has 1 aromatic rings. The molecular weight excluding hydrogens is 324 g/mol. The van der Waals surface area contributed by atoms with Gasteiger partial charge in [0.1, 0.15) is 12.2 Å². The van der Waals surface area contributed by atoms with E-state index in [4.69, 9.17) is 11.2 Å². The van der Waals surface area contributed by atoms with Crippen molar-refractivity contribution < 1.29 is 4.74 Å². The largest absolute Gasteiger partial charge is 0.356 e. The average Bonchev–Trinajstić information content (AvgIpc) is 2.46. The van der Waals surface area contributed by atoms with Gasteiger partial charge in [-0.15, -0.1) is 6.42 Å². The normalized spacial score (nSPS) is 29.9. The maximum atomic E-state index is 6.20. The minimum absolute atomic E-state index is 0.290. The van der Waals surface area contributed by atoms with Gasteiger partial charge in [-0.05, 0) is 36.2 Å². The molecule has 0 spiro atoms. The summed E-state index contributed by atoms with van der Waals surface area (Å²) in [5, 5.41) is 0. The molecule has 0 unspecified atom stereocenters. The van der Waals surface area contributed by atoms with Crippen LogP contribution in [0.3, 0.4) is 0 Å². The molecule has 1 aromatic carbocycles. The first-order valence-corrected chi connectivity index (χ1v) is 8.59. The molecule has 1 nitrogen and oxygen atoms in total. The molecule has 0 radical (unpaired) electrons. The predicted octanol–water partition coefficient (Wildman–Crippen LogP) is 5.14. The van der Waals surface area contributed by atoms with Crippen molar-refractivity contribution in [2.75, 3.05) is 6.61 Å². The van der Waals surface area contributed by atoms with Gasteiger partial charge in [-0.3, -0.25) is 0 Å². The van der Waals surface area contributed by atoms with Crippen molar-refractivity contribution in [2.45, 2.75) is 50.5 Å². The number of hydrogen-bond acceptors (Lipinski definition) is 1. The lowest BCUT2D eigenvalue weighted by atomic mass is 9.66. The van der Waals surface area contributed by atoms with Gasteiger partial charge >= 0.3 is 0 Å². The minimum atomic E-state index is -0.296. The molecule has 0 amide bonds. The van der Waals surface area contributed by atoms with Gasteiger partial charge in [0, 0.05) is 4.83 Å². The molecule has 0 aliphatic heterocycles. The van der Waals surface area contributed by atoms with Crippen molar-refractivity contribution in [2.24, 2.45) is 11.3 Å². The fourth-order valence-corrected chi connectivity index (χ4v) is 4.43. The van der Waals surface area contributed by atoms with Gasteiger partial charge in [0.2, 0.25) is 0 Å². The summed E-state index contributed by atoms with van der Waals surface area (Å²) in [5.41, 5.74) is 1.27. The van der Waals surface area contributed by atoms with E-state index in [0.29, 0.717) is 22.8 Å². The third kappa shape index (κ3) is 3.52. The third-order valence-electron chi connectivity index (χ3n) is 4.76. The number of terminal acetylenes is 1. The monoisotopic (exact) mass is 348 g/mol. The van der Waals surface area contributed by atoms with E-state index in [1.54, 1.807) is 0 Å². The summed E-state index contributed by atoms with van der Waals surface area (Å²) in [4.78, 5) is 0.290. The second-order valence-corrected chi connectivity index (χ2v) is 8.16. The van der Waals surface area contributed by atoms with Crippen LogP contribution < -0.4 is 0 Å². The first-order chi connectivity index (χ1) is 9.90. The number of hydrogen-bond donors (Lipinski definition) is 0. The molecule has 0 heterocycles. The Labute approximate surface area is 137 Å². The van der Waals surface area contributed by atoms with Crippen molar-refractivity contribution in [1.29, 1.82) is 0 Å². The van der Waals surface area contributed by atoms with Gasteiger partial charge in [0.25, 0.3) is 0 Å². The van der Waals surface area contributed by atoms with Gasteiger partial charge in [-0.2, -0.15) is 0 Å². The van der Waals surface area contributed by atoms with Crippen LogP contribution in [-0.2, 0) is 10.3 Å². The quantitative estimate of drug-likeness (QED) is 0.542. The summed E-state index contributed by atoms with van der Waals surface area (Å²) in [6.07, 6.45) is 8.73. The third-order valence-corrected chi connectivity index (χ3v) is 5.88.